The van der Waals surface area contributed by atoms with E-state index in [0.29, 0.717) is 18.4 Å². The van der Waals surface area contributed by atoms with Crippen LogP contribution in [0, 0.1) is 11.8 Å². The van der Waals surface area contributed by atoms with E-state index in [2.05, 4.69) is 16.7 Å². The summed E-state index contributed by atoms with van der Waals surface area (Å²) in [5.41, 5.74) is 0. The minimum atomic E-state index is 0.00596. The molecule has 0 radical (unpaired) electrons. The van der Waals surface area contributed by atoms with Crippen molar-refractivity contribution in [2.24, 2.45) is 11.8 Å². The third-order valence-electron chi connectivity index (χ3n) is 5.16. The molecule has 21 heavy (non-hydrogen) atoms. The largest absolute Gasteiger partial charge is 0.350 e. The first-order chi connectivity index (χ1) is 10.2. The van der Waals surface area contributed by atoms with Crippen LogP contribution in [0.1, 0.15) is 32.6 Å². The Morgan fingerprint density at radius 2 is 1.62 bits per heavy atom. The van der Waals surface area contributed by atoms with E-state index in [9.17, 15) is 4.79 Å². The van der Waals surface area contributed by atoms with Crippen LogP contribution in [0.25, 0.3) is 0 Å². The van der Waals surface area contributed by atoms with Gasteiger partial charge in [0.1, 0.15) is 0 Å². The van der Waals surface area contributed by atoms with Crippen LogP contribution in [0.5, 0.6) is 0 Å². The molecule has 0 aliphatic carbocycles. The molecule has 0 bridgehead atoms. The number of likely N-dealkylation sites (tertiary alicyclic amines) is 2. The SMILES string of the molecule is CC1CCN(C(=O)CN2CCC(C3OCCO3)CC2)CC1. The highest BCUT2D eigenvalue weighted by atomic mass is 16.7. The molecule has 3 aliphatic heterocycles. The highest BCUT2D eigenvalue weighted by molar-refractivity contribution is 5.78. The van der Waals surface area contributed by atoms with Gasteiger partial charge in [0.25, 0.3) is 0 Å². The number of hydrogen-bond acceptors (Lipinski definition) is 4. The minimum absolute atomic E-state index is 0.00596. The lowest BCUT2D eigenvalue weighted by Crippen LogP contribution is -2.46. The average molecular weight is 296 g/mol. The molecule has 0 saturated carbocycles. The van der Waals surface area contributed by atoms with Crippen LogP contribution in [-0.2, 0) is 14.3 Å². The second kappa shape index (κ2) is 7.07. The summed E-state index contributed by atoms with van der Waals surface area (Å²) < 4.78 is 11.2. The van der Waals surface area contributed by atoms with Crippen molar-refractivity contribution in [3.05, 3.63) is 0 Å². The highest BCUT2D eigenvalue weighted by Crippen LogP contribution is 2.26. The van der Waals surface area contributed by atoms with E-state index < -0.39 is 0 Å². The lowest BCUT2D eigenvalue weighted by Gasteiger charge is -2.36. The zero-order valence-corrected chi connectivity index (χ0v) is 13.1. The Hall–Kier alpha value is -0.650. The molecule has 0 aromatic heterocycles. The number of amides is 1. The van der Waals surface area contributed by atoms with E-state index in [-0.39, 0.29) is 6.29 Å². The van der Waals surface area contributed by atoms with Crippen LogP contribution in [-0.4, -0.2) is 67.9 Å². The number of ether oxygens (including phenoxy) is 2. The van der Waals surface area contributed by atoms with Gasteiger partial charge >= 0.3 is 0 Å². The molecule has 3 aliphatic rings. The molecule has 120 valence electrons. The van der Waals surface area contributed by atoms with E-state index in [0.717, 1.165) is 71.0 Å². The first-order valence-corrected chi connectivity index (χ1v) is 8.45. The summed E-state index contributed by atoms with van der Waals surface area (Å²) in [5.74, 6) is 1.60. The number of carbonyl (C=O) groups is 1. The van der Waals surface area contributed by atoms with Crippen LogP contribution in [0.2, 0.25) is 0 Å². The van der Waals surface area contributed by atoms with Gasteiger partial charge in [-0.15, -0.1) is 0 Å². The van der Waals surface area contributed by atoms with Crippen molar-refractivity contribution >= 4 is 5.91 Å². The molecule has 3 saturated heterocycles. The molecule has 0 unspecified atom stereocenters. The standard InChI is InChI=1S/C16H28N2O3/c1-13-2-8-18(9-3-13)15(19)12-17-6-4-14(5-7-17)16-20-10-11-21-16/h13-14,16H,2-12H2,1H3. The Labute approximate surface area is 127 Å². The molecular formula is C16H28N2O3. The van der Waals surface area contributed by atoms with Crippen molar-refractivity contribution in [3.8, 4) is 0 Å². The summed E-state index contributed by atoms with van der Waals surface area (Å²) in [6.45, 7) is 8.20. The summed E-state index contributed by atoms with van der Waals surface area (Å²) in [5, 5.41) is 0. The van der Waals surface area contributed by atoms with E-state index in [1.807, 2.05) is 0 Å². The zero-order valence-electron chi connectivity index (χ0n) is 13.1. The normalized spacial score (nSPS) is 27.4. The molecule has 3 fully saturated rings. The Bertz CT molecular complexity index is 341. The second-order valence-electron chi connectivity index (χ2n) is 6.79. The summed E-state index contributed by atoms with van der Waals surface area (Å²) in [6.07, 6.45) is 4.48. The molecule has 0 spiro atoms. The van der Waals surface area contributed by atoms with Crippen LogP contribution in [0.4, 0.5) is 0 Å². The molecule has 5 nitrogen and oxygen atoms in total. The predicted molar refractivity (Wildman–Crippen MR) is 79.8 cm³/mol. The Balaban J connectivity index is 1.39. The first-order valence-electron chi connectivity index (χ1n) is 8.45. The van der Waals surface area contributed by atoms with Crippen molar-refractivity contribution in [1.29, 1.82) is 0 Å². The van der Waals surface area contributed by atoms with E-state index in [1.165, 1.54) is 0 Å². The summed E-state index contributed by atoms with van der Waals surface area (Å²) >= 11 is 0. The maximum Gasteiger partial charge on any atom is 0.236 e. The quantitative estimate of drug-likeness (QED) is 0.788. The molecule has 0 aromatic carbocycles. The Kier molecular flexibility index (Phi) is 5.14. The number of nitrogens with zero attached hydrogens (tertiary/aromatic N) is 2. The van der Waals surface area contributed by atoms with Crippen molar-refractivity contribution in [3.63, 3.8) is 0 Å². The Morgan fingerprint density at radius 1 is 1.00 bits per heavy atom. The fourth-order valence-electron chi connectivity index (χ4n) is 3.58. The fourth-order valence-corrected chi connectivity index (χ4v) is 3.58. The molecule has 0 aromatic rings. The van der Waals surface area contributed by atoms with Crippen LogP contribution in [0.15, 0.2) is 0 Å². The molecule has 0 N–H and O–H groups in total. The highest BCUT2D eigenvalue weighted by Gasteiger charge is 2.31. The van der Waals surface area contributed by atoms with Gasteiger partial charge in [0.05, 0.1) is 19.8 Å². The second-order valence-corrected chi connectivity index (χ2v) is 6.79. The number of piperidine rings is 2. The van der Waals surface area contributed by atoms with Crippen LogP contribution < -0.4 is 0 Å². The number of rotatable bonds is 3. The lowest BCUT2D eigenvalue weighted by molar-refractivity contribution is -0.135. The summed E-state index contributed by atoms with van der Waals surface area (Å²) in [4.78, 5) is 16.7. The summed E-state index contributed by atoms with van der Waals surface area (Å²) in [7, 11) is 0. The van der Waals surface area contributed by atoms with Gasteiger partial charge < -0.3 is 14.4 Å². The summed E-state index contributed by atoms with van der Waals surface area (Å²) in [6, 6.07) is 0. The van der Waals surface area contributed by atoms with E-state index >= 15 is 0 Å². The maximum absolute atomic E-state index is 12.3. The van der Waals surface area contributed by atoms with Crippen LogP contribution in [0.3, 0.4) is 0 Å². The van der Waals surface area contributed by atoms with Crippen LogP contribution >= 0.6 is 0 Å². The van der Waals surface area contributed by atoms with Gasteiger partial charge in [-0.1, -0.05) is 6.92 Å². The molecule has 0 atom stereocenters. The molecule has 3 rings (SSSR count). The molecule has 5 heteroatoms. The van der Waals surface area contributed by atoms with Crippen molar-refractivity contribution in [2.75, 3.05) is 45.9 Å². The fraction of sp³-hybridized carbons (Fsp3) is 0.938. The van der Waals surface area contributed by atoms with Crippen molar-refractivity contribution < 1.29 is 14.3 Å². The topological polar surface area (TPSA) is 42.0 Å². The van der Waals surface area contributed by atoms with Gasteiger partial charge in [-0.2, -0.15) is 0 Å². The monoisotopic (exact) mass is 296 g/mol. The van der Waals surface area contributed by atoms with Gasteiger partial charge in [0.15, 0.2) is 6.29 Å². The predicted octanol–water partition coefficient (Wildman–Crippen LogP) is 1.33. The smallest absolute Gasteiger partial charge is 0.236 e. The van der Waals surface area contributed by atoms with Gasteiger partial charge in [-0.3, -0.25) is 9.69 Å². The molecule has 3 heterocycles. The minimum Gasteiger partial charge on any atom is -0.350 e. The van der Waals surface area contributed by atoms with Crippen molar-refractivity contribution in [2.45, 2.75) is 38.9 Å². The van der Waals surface area contributed by atoms with Gasteiger partial charge in [-0.25, -0.2) is 0 Å². The third kappa shape index (κ3) is 3.96. The zero-order chi connectivity index (χ0) is 14.7. The van der Waals surface area contributed by atoms with Gasteiger partial charge in [0.2, 0.25) is 5.91 Å². The lowest BCUT2D eigenvalue weighted by atomic mass is 9.96. The molecule has 1 amide bonds. The van der Waals surface area contributed by atoms with E-state index in [1.54, 1.807) is 0 Å². The van der Waals surface area contributed by atoms with Gasteiger partial charge in [0, 0.05) is 19.0 Å². The van der Waals surface area contributed by atoms with Gasteiger partial charge in [-0.05, 0) is 44.7 Å². The molecular weight excluding hydrogens is 268 g/mol. The maximum atomic E-state index is 12.3. The van der Waals surface area contributed by atoms with E-state index in [4.69, 9.17) is 9.47 Å². The van der Waals surface area contributed by atoms with Crippen molar-refractivity contribution in [1.82, 2.24) is 9.80 Å². The third-order valence-corrected chi connectivity index (χ3v) is 5.16. The number of hydrogen-bond donors (Lipinski definition) is 0. The Morgan fingerprint density at radius 3 is 2.24 bits per heavy atom. The average Bonchev–Trinajstić information content (AvgIpc) is 3.03. The number of carbonyl (C=O) groups excluding carboxylic acids is 1. The first kappa shape index (κ1) is 15.3.